The maximum atomic E-state index is 10.9. The number of nitrogens with two attached hydrogens (primary N) is 1. The molecule has 4 N–H and O–H groups in total. The van der Waals surface area contributed by atoms with Crippen molar-refractivity contribution in [2.45, 2.75) is 25.0 Å². The number of nitro groups is 1. The molecule has 0 amide bonds. The third kappa shape index (κ3) is 3.90. The Balaban J connectivity index is 2.93. The van der Waals surface area contributed by atoms with Crippen molar-refractivity contribution in [3.8, 4) is 5.75 Å². The fourth-order valence-electron chi connectivity index (χ4n) is 1.73. The number of hydrogen-bond donors (Lipinski definition) is 3. The third-order valence-corrected chi connectivity index (χ3v) is 2.84. The van der Waals surface area contributed by atoms with E-state index in [2.05, 4.69) is 0 Å². The van der Waals surface area contributed by atoms with Gasteiger partial charge in [0.2, 0.25) is 0 Å². The van der Waals surface area contributed by atoms with Gasteiger partial charge in [0, 0.05) is 18.5 Å². The SMILES string of the molecule is COc1ccc(C(O)C(N)CCC(=O)O)cc1[N+](=O)[O-]. The van der Waals surface area contributed by atoms with Crippen molar-refractivity contribution in [3.05, 3.63) is 33.9 Å². The van der Waals surface area contributed by atoms with Crippen molar-refractivity contribution in [1.82, 2.24) is 0 Å². The molecule has 110 valence electrons. The number of aliphatic hydroxyl groups is 1. The standard InChI is InChI=1S/C12H16N2O6/c1-20-10-4-2-7(6-9(10)14(18)19)12(17)8(13)3-5-11(15)16/h2,4,6,8,12,17H,3,5,13H2,1H3,(H,15,16). The van der Waals surface area contributed by atoms with Crippen LogP contribution in [-0.2, 0) is 4.79 Å². The molecular formula is C12H16N2O6. The van der Waals surface area contributed by atoms with E-state index in [1.807, 2.05) is 0 Å². The molecule has 1 aromatic rings. The zero-order valence-electron chi connectivity index (χ0n) is 10.9. The topological polar surface area (TPSA) is 136 Å². The van der Waals surface area contributed by atoms with Crippen molar-refractivity contribution in [1.29, 1.82) is 0 Å². The lowest BCUT2D eigenvalue weighted by atomic mass is 9.98. The Bertz CT molecular complexity index is 505. The Kier molecular flexibility index (Phi) is 5.42. The highest BCUT2D eigenvalue weighted by Gasteiger charge is 2.22. The molecule has 0 fully saturated rings. The molecule has 0 aliphatic heterocycles. The zero-order chi connectivity index (χ0) is 15.3. The van der Waals surface area contributed by atoms with E-state index < -0.39 is 23.0 Å². The van der Waals surface area contributed by atoms with Gasteiger partial charge in [0.1, 0.15) is 0 Å². The van der Waals surface area contributed by atoms with E-state index in [1.165, 1.54) is 25.3 Å². The van der Waals surface area contributed by atoms with Crippen molar-refractivity contribution in [3.63, 3.8) is 0 Å². The average Bonchev–Trinajstić information content (AvgIpc) is 2.42. The van der Waals surface area contributed by atoms with Crippen molar-refractivity contribution in [2.24, 2.45) is 5.73 Å². The van der Waals surface area contributed by atoms with E-state index in [0.29, 0.717) is 0 Å². The van der Waals surface area contributed by atoms with Crippen LogP contribution in [0.15, 0.2) is 18.2 Å². The number of aliphatic carboxylic acids is 1. The number of carbonyl (C=O) groups is 1. The smallest absolute Gasteiger partial charge is 0.311 e. The molecular weight excluding hydrogens is 268 g/mol. The van der Waals surface area contributed by atoms with Crippen molar-refractivity contribution in [2.75, 3.05) is 7.11 Å². The molecule has 8 nitrogen and oxygen atoms in total. The number of methoxy groups -OCH3 is 1. The predicted octanol–water partition coefficient (Wildman–Crippen LogP) is 0.829. The van der Waals surface area contributed by atoms with Gasteiger partial charge in [-0.25, -0.2) is 0 Å². The maximum Gasteiger partial charge on any atom is 0.311 e. The Morgan fingerprint density at radius 1 is 1.55 bits per heavy atom. The third-order valence-electron chi connectivity index (χ3n) is 2.84. The predicted molar refractivity (Wildman–Crippen MR) is 69.5 cm³/mol. The van der Waals surface area contributed by atoms with Crippen LogP contribution in [0.25, 0.3) is 0 Å². The summed E-state index contributed by atoms with van der Waals surface area (Å²) in [5, 5.41) is 29.4. The first-order valence-corrected chi connectivity index (χ1v) is 5.84. The summed E-state index contributed by atoms with van der Waals surface area (Å²) < 4.78 is 4.85. The van der Waals surface area contributed by atoms with Gasteiger partial charge < -0.3 is 20.7 Å². The van der Waals surface area contributed by atoms with Gasteiger partial charge in [-0.2, -0.15) is 0 Å². The van der Waals surface area contributed by atoms with E-state index >= 15 is 0 Å². The Hall–Kier alpha value is -2.19. The number of rotatable bonds is 7. The fraction of sp³-hybridized carbons (Fsp3) is 0.417. The molecule has 8 heteroatoms. The van der Waals surface area contributed by atoms with Crippen LogP contribution in [-0.4, -0.2) is 34.3 Å². The summed E-state index contributed by atoms with van der Waals surface area (Å²) in [5.74, 6) is -0.946. The van der Waals surface area contributed by atoms with Crippen LogP contribution < -0.4 is 10.5 Å². The van der Waals surface area contributed by atoms with Gasteiger partial charge in [-0.3, -0.25) is 14.9 Å². The average molecular weight is 284 g/mol. The number of aliphatic hydroxyl groups excluding tert-OH is 1. The second-order valence-electron chi connectivity index (χ2n) is 4.23. The first-order chi connectivity index (χ1) is 9.36. The second kappa shape index (κ2) is 6.83. The van der Waals surface area contributed by atoms with E-state index in [1.54, 1.807) is 0 Å². The fourth-order valence-corrected chi connectivity index (χ4v) is 1.73. The molecule has 2 atom stereocenters. The molecule has 1 rings (SSSR count). The van der Waals surface area contributed by atoms with Gasteiger partial charge in [0.05, 0.1) is 18.1 Å². The number of carboxylic acid groups (broad SMARTS) is 1. The van der Waals surface area contributed by atoms with E-state index in [0.717, 1.165) is 0 Å². The molecule has 0 heterocycles. The minimum absolute atomic E-state index is 0.0658. The monoisotopic (exact) mass is 284 g/mol. The molecule has 0 aromatic heterocycles. The Morgan fingerprint density at radius 3 is 2.70 bits per heavy atom. The number of benzene rings is 1. The number of nitrogens with zero attached hydrogens (tertiary/aromatic N) is 1. The van der Waals surface area contributed by atoms with Crippen LogP contribution in [0.4, 0.5) is 5.69 Å². The van der Waals surface area contributed by atoms with Crippen LogP contribution in [0.2, 0.25) is 0 Å². The minimum atomic E-state index is -1.18. The highest BCUT2D eigenvalue weighted by molar-refractivity contribution is 5.66. The van der Waals surface area contributed by atoms with Crippen LogP contribution >= 0.6 is 0 Å². The minimum Gasteiger partial charge on any atom is -0.490 e. The first-order valence-electron chi connectivity index (χ1n) is 5.84. The largest absolute Gasteiger partial charge is 0.490 e. The van der Waals surface area contributed by atoms with Crippen LogP contribution in [0.1, 0.15) is 24.5 Å². The maximum absolute atomic E-state index is 10.9. The van der Waals surface area contributed by atoms with Crippen LogP contribution in [0.3, 0.4) is 0 Å². The van der Waals surface area contributed by atoms with Gasteiger partial charge in [0.25, 0.3) is 0 Å². The lowest BCUT2D eigenvalue weighted by Crippen LogP contribution is -2.29. The lowest BCUT2D eigenvalue weighted by Gasteiger charge is -2.18. The highest BCUT2D eigenvalue weighted by atomic mass is 16.6. The van der Waals surface area contributed by atoms with Crippen LogP contribution in [0, 0.1) is 10.1 Å². The normalized spacial score (nSPS) is 13.6. The van der Waals surface area contributed by atoms with Gasteiger partial charge in [-0.15, -0.1) is 0 Å². The summed E-state index contributed by atoms with van der Waals surface area (Å²) in [4.78, 5) is 20.7. The summed E-state index contributed by atoms with van der Waals surface area (Å²) in [6.45, 7) is 0. The molecule has 0 saturated carbocycles. The summed E-state index contributed by atoms with van der Waals surface area (Å²) in [7, 11) is 1.30. The number of ether oxygens (including phenoxy) is 1. The number of nitro benzene ring substituents is 1. The zero-order valence-corrected chi connectivity index (χ0v) is 10.9. The number of carboxylic acids is 1. The summed E-state index contributed by atoms with van der Waals surface area (Å²) >= 11 is 0. The van der Waals surface area contributed by atoms with Gasteiger partial charge >= 0.3 is 11.7 Å². The molecule has 20 heavy (non-hydrogen) atoms. The van der Waals surface area contributed by atoms with Crippen molar-refractivity contribution < 1.29 is 24.7 Å². The van der Waals surface area contributed by atoms with E-state index in [4.69, 9.17) is 15.6 Å². The molecule has 0 aliphatic rings. The van der Waals surface area contributed by atoms with Gasteiger partial charge in [0.15, 0.2) is 5.75 Å². The Labute approximate surface area is 114 Å². The van der Waals surface area contributed by atoms with Crippen LogP contribution in [0.5, 0.6) is 5.75 Å². The van der Waals surface area contributed by atoms with E-state index in [9.17, 15) is 20.0 Å². The van der Waals surface area contributed by atoms with E-state index in [-0.39, 0.29) is 29.8 Å². The highest BCUT2D eigenvalue weighted by Crippen LogP contribution is 2.31. The van der Waals surface area contributed by atoms with Gasteiger partial charge in [-0.1, -0.05) is 6.07 Å². The molecule has 0 bridgehead atoms. The quantitative estimate of drug-likeness (QED) is 0.498. The summed E-state index contributed by atoms with van der Waals surface area (Å²) in [5.41, 5.74) is 5.64. The molecule has 2 unspecified atom stereocenters. The molecule has 0 aliphatic carbocycles. The Morgan fingerprint density at radius 2 is 2.20 bits per heavy atom. The summed E-state index contributed by atoms with van der Waals surface area (Å²) in [6.07, 6.45) is -1.30. The second-order valence-corrected chi connectivity index (χ2v) is 4.23. The molecule has 0 spiro atoms. The molecule has 0 saturated heterocycles. The summed E-state index contributed by atoms with van der Waals surface area (Å²) in [6, 6.07) is 3.17. The number of hydrogen-bond acceptors (Lipinski definition) is 6. The molecule has 1 aromatic carbocycles. The van der Waals surface area contributed by atoms with Crippen molar-refractivity contribution >= 4 is 11.7 Å². The first kappa shape index (κ1) is 15.9. The van der Waals surface area contributed by atoms with Gasteiger partial charge in [-0.05, 0) is 18.1 Å². The molecule has 0 radical (unpaired) electrons. The lowest BCUT2D eigenvalue weighted by molar-refractivity contribution is -0.385.